The van der Waals surface area contributed by atoms with Gasteiger partial charge >= 0.3 is 0 Å². The molecule has 1 unspecified atom stereocenters. The van der Waals surface area contributed by atoms with Gasteiger partial charge in [-0.05, 0) is 42.7 Å². The number of carbonyl (C=O) groups is 2. The van der Waals surface area contributed by atoms with Crippen LogP contribution < -0.4 is 10.1 Å². The van der Waals surface area contributed by atoms with Gasteiger partial charge in [0.25, 0.3) is 0 Å². The van der Waals surface area contributed by atoms with Crippen LogP contribution >= 0.6 is 11.6 Å². The van der Waals surface area contributed by atoms with Crippen molar-refractivity contribution in [1.82, 2.24) is 10.2 Å². The minimum Gasteiger partial charge on any atom is -0.493 e. The van der Waals surface area contributed by atoms with Crippen molar-refractivity contribution in [3.63, 3.8) is 0 Å². The lowest BCUT2D eigenvalue weighted by atomic mass is 9.96. The molecular weight excluding hydrogens is 395 g/mol. The largest absolute Gasteiger partial charge is 0.493 e. The Labute approximate surface area is 174 Å². The van der Waals surface area contributed by atoms with E-state index < -0.39 is 5.82 Å². The minimum atomic E-state index is -0.487. The highest BCUT2D eigenvalue weighted by Crippen LogP contribution is 2.19. The van der Waals surface area contributed by atoms with Crippen LogP contribution in [0.2, 0.25) is 5.02 Å². The van der Waals surface area contributed by atoms with Crippen LogP contribution in [0.1, 0.15) is 24.8 Å². The van der Waals surface area contributed by atoms with Crippen LogP contribution in [0.15, 0.2) is 48.5 Å². The number of hydrogen-bond acceptors (Lipinski definition) is 3. The zero-order valence-corrected chi connectivity index (χ0v) is 16.8. The fraction of sp³-hybridized carbons (Fsp3) is 0.364. The number of nitrogens with one attached hydrogen (secondary N) is 1. The zero-order valence-electron chi connectivity index (χ0n) is 16.1. The van der Waals surface area contributed by atoms with Crippen LogP contribution in [0.25, 0.3) is 0 Å². The number of piperidine rings is 1. The van der Waals surface area contributed by atoms with Crippen molar-refractivity contribution < 1.29 is 18.7 Å². The number of para-hydroxylation sites is 1. The minimum absolute atomic E-state index is 0.0104. The van der Waals surface area contributed by atoms with Crippen LogP contribution in [-0.2, 0) is 16.1 Å². The standard InChI is InChI=1S/C22H24ClFN2O3/c23-19-13-16(8-9-20(19)24)14-25-22(28)17-5-4-11-26(15-17)21(27)10-12-29-18-6-2-1-3-7-18/h1-3,6-9,13,17H,4-5,10-12,14-15H2,(H,25,28). The summed E-state index contributed by atoms with van der Waals surface area (Å²) in [6, 6.07) is 13.7. The third kappa shape index (κ3) is 6.19. The van der Waals surface area contributed by atoms with Gasteiger partial charge in [0.1, 0.15) is 11.6 Å². The van der Waals surface area contributed by atoms with Crippen LogP contribution in [-0.4, -0.2) is 36.4 Å². The lowest BCUT2D eigenvalue weighted by Crippen LogP contribution is -2.45. The molecule has 2 aromatic carbocycles. The van der Waals surface area contributed by atoms with Crippen LogP contribution in [0, 0.1) is 11.7 Å². The van der Waals surface area contributed by atoms with E-state index in [0.717, 1.165) is 24.2 Å². The maximum atomic E-state index is 13.2. The number of benzene rings is 2. The second-order valence-electron chi connectivity index (χ2n) is 7.06. The zero-order chi connectivity index (χ0) is 20.6. The highest BCUT2D eigenvalue weighted by atomic mass is 35.5. The fourth-order valence-corrected chi connectivity index (χ4v) is 3.53. The highest BCUT2D eigenvalue weighted by molar-refractivity contribution is 6.30. The van der Waals surface area contributed by atoms with E-state index in [-0.39, 0.29) is 35.7 Å². The topological polar surface area (TPSA) is 58.6 Å². The molecule has 0 radical (unpaired) electrons. The van der Waals surface area contributed by atoms with E-state index in [0.29, 0.717) is 19.7 Å². The van der Waals surface area contributed by atoms with Crippen molar-refractivity contribution >= 4 is 23.4 Å². The molecule has 1 N–H and O–H groups in total. The predicted molar refractivity (Wildman–Crippen MR) is 109 cm³/mol. The smallest absolute Gasteiger partial charge is 0.226 e. The lowest BCUT2D eigenvalue weighted by molar-refractivity contribution is -0.136. The molecule has 0 aliphatic carbocycles. The van der Waals surface area contributed by atoms with Gasteiger partial charge in [0, 0.05) is 19.6 Å². The molecule has 29 heavy (non-hydrogen) atoms. The number of likely N-dealkylation sites (tertiary alicyclic amines) is 1. The second-order valence-corrected chi connectivity index (χ2v) is 7.46. The summed E-state index contributed by atoms with van der Waals surface area (Å²) in [5, 5.41) is 2.89. The van der Waals surface area contributed by atoms with Crippen molar-refractivity contribution in [2.45, 2.75) is 25.8 Å². The quantitative estimate of drug-likeness (QED) is 0.744. The number of carbonyl (C=O) groups excluding carboxylic acids is 2. The van der Waals surface area contributed by atoms with Crippen molar-refractivity contribution in [1.29, 1.82) is 0 Å². The van der Waals surface area contributed by atoms with Gasteiger partial charge < -0.3 is 15.0 Å². The van der Waals surface area contributed by atoms with Crippen molar-refractivity contribution in [3.8, 4) is 5.75 Å². The Morgan fingerprint density at radius 3 is 2.76 bits per heavy atom. The van der Waals surface area contributed by atoms with Gasteiger partial charge in [-0.1, -0.05) is 35.9 Å². The average molecular weight is 419 g/mol. The Balaban J connectivity index is 1.44. The van der Waals surface area contributed by atoms with E-state index in [2.05, 4.69) is 5.32 Å². The molecule has 1 saturated heterocycles. The van der Waals surface area contributed by atoms with Crippen molar-refractivity contribution in [2.24, 2.45) is 5.92 Å². The van der Waals surface area contributed by atoms with Crippen molar-refractivity contribution in [3.05, 3.63) is 64.9 Å². The van der Waals surface area contributed by atoms with Gasteiger partial charge in [0.2, 0.25) is 11.8 Å². The van der Waals surface area contributed by atoms with Crippen LogP contribution in [0.4, 0.5) is 4.39 Å². The SMILES string of the molecule is O=C(NCc1ccc(F)c(Cl)c1)C1CCCN(C(=O)CCOc2ccccc2)C1. The van der Waals surface area contributed by atoms with E-state index in [9.17, 15) is 14.0 Å². The Kier molecular flexibility index (Phi) is 7.47. The van der Waals surface area contributed by atoms with Crippen LogP contribution in [0.3, 0.4) is 0 Å². The summed E-state index contributed by atoms with van der Waals surface area (Å²) in [6.45, 7) is 1.64. The van der Waals surface area contributed by atoms with E-state index in [4.69, 9.17) is 16.3 Å². The molecule has 2 amide bonds. The first-order valence-corrected chi connectivity index (χ1v) is 10.1. The van der Waals surface area contributed by atoms with Crippen molar-refractivity contribution in [2.75, 3.05) is 19.7 Å². The molecule has 1 heterocycles. The van der Waals surface area contributed by atoms with E-state index in [1.54, 1.807) is 11.0 Å². The third-order valence-corrected chi connectivity index (χ3v) is 5.21. The molecule has 1 aliphatic heterocycles. The maximum Gasteiger partial charge on any atom is 0.226 e. The first-order valence-electron chi connectivity index (χ1n) is 9.70. The molecule has 1 fully saturated rings. The molecule has 0 aromatic heterocycles. The van der Waals surface area contributed by atoms with Gasteiger partial charge in [-0.25, -0.2) is 4.39 Å². The number of hydrogen-bond donors (Lipinski definition) is 1. The van der Waals surface area contributed by atoms with E-state index in [1.165, 1.54) is 12.1 Å². The molecule has 1 aliphatic rings. The molecule has 2 aromatic rings. The number of halogens is 2. The van der Waals surface area contributed by atoms with Gasteiger partial charge in [-0.2, -0.15) is 0 Å². The van der Waals surface area contributed by atoms with Gasteiger partial charge in [-0.3, -0.25) is 9.59 Å². The Bertz CT molecular complexity index is 847. The molecule has 154 valence electrons. The average Bonchev–Trinajstić information content (AvgIpc) is 2.75. The molecule has 5 nitrogen and oxygen atoms in total. The molecular formula is C22H24ClFN2O3. The summed E-state index contributed by atoms with van der Waals surface area (Å²) in [5.41, 5.74) is 0.728. The molecule has 0 bridgehead atoms. The summed E-state index contributed by atoms with van der Waals surface area (Å²) < 4.78 is 18.8. The molecule has 3 rings (SSSR count). The summed E-state index contributed by atoms with van der Waals surface area (Å²) in [7, 11) is 0. The molecule has 7 heteroatoms. The van der Waals surface area contributed by atoms with Gasteiger partial charge in [0.05, 0.1) is 24.0 Å². The number of ether oxygens (including phenoxy) is 1. The normalized spacial score (nSPS) is 16.3. The predicted octanol–water partition coefficient (Wildman–Crippen LogP) is 3.80. The van der Waals surface area contributed by atoms with Gasteiger partial charge in [-0.15, -0.1) is 0 Å². The Morgan fingerprint density at radius 2 is 2.00 bits per heavy atom. The monoisotopic (exact) mass is 418 g/mol. The van der Waals surface area contributed by atoms with E-state index in [1.807, 2.05) is 30.3 Å². The third-order valence-electron chi connectivity index (χ3n) is 4.92. The molecule has 1 atom stereocenters. The summed E-state index contributed by atoms with van der Waals surface area (Å²) >= 11 is 5.77. The number of nitrogens with zero attached hydrogens (tertiary/aromatic N) is 1. The number of amides is 2. The summed E-state index contributed by atoms with van der Waals surface area (Å²) in [4.78, 5) is 26.7. The van der Waals surface area contributed by atoms with E-state index >= 15 is 0 Å². The Morgan fingerprint density at radius 1 is 1.21 bits per heavy atom. The molecule has 0 saturated carbocycles. The second kappa shape index (κ2) is 10.3. The van der Waals surface area contributed by atoms with Crippen LogP contribution in [0.5, 0.6) is 5.75 Å². The fourth-order valence-electron chi connectivity index (χ4n) is 3.33. The summed E-state index contributed by atoms with van der Waals surface area (Å²) in [5.74, 6) is -0.123. The highest BCUT2D eigenvalue weighted by Gasteiger charge is 2.28. The Hall–Kier alpha value is -2.60. The summed E-state index contributed by atoms with van der Waals surface area (Å²) in [6.07, 6.45) is 1.79. The molecule has 0 spiro atoms. The lowest BCUT2D eigenvalue weighted by Gasteiger charge is -2.32. The maximum absolute atomic E-state index is 13.2. The first-order chi connectivity index (χ1) is 14.0. The van der Waals surface area contributed by atoms with Gasteiger partial charge in [0.15, 0.2) is 0 Å². The number of rotatable bonds is 7. The first kappa shape index (κ1) is 21.1.